The molecule has 0 aromatic rings. The SMILES string of the molecule is C[C@@H]1C(=O)O[C@H]2C[C@H]3[C@@H]4C[C@H](O)[C@H]5C[C@@H](O)CC[C@]5(C)[C@H]4CC[C@]3(C)[C@H]21. The van der Waals surface area contributed by atoms with Crippen LogP contribution < -0.4 is 0 Å². The van der Waals surface area contributed by atoms with Gasteiger partial charge in [-0.15, -0.1) is 0 Å². The third-order valence-corrected chi connectivity index (χ3v) is 9.92. The van der Waals surface area contributed by atoms with Gasteiger partial charge in [-0.1, -0.05) is 20.8 Å². The lowest BCUT2D eigenvalue weighted by atomic mass is 9.44. The van der Waals surface area contributed by atoms with Gasteiger partial charge >= 0.3 is 5.97 Å². The van der Waals surface area contributed by atoms with E-state index in [9.17, 15) is 15.0 Å². The van der Waals surface area contributed by atoms with Gasteiger partial charge in [0, 0.05) is 5.92 Å². The number of carbonyl (C=O) groups excluding carboxylic acids is 1. The Morgan fingerprint density at radius 2 is 1.69 bits per heavy atom. The van der Waals surface area contributed by atoms with Gasteiger partial charge in [0.05, 0.1) is 18.1 Å². The van der Waals surface area contributed by atoms with E-state index in [1.54, 1.807) is 0 Å². The Morgan fingerprint density at radius 3 is 2.46 bits per heavy atom. The molecule has 1 heterocycles. The summed E-state index contributed by atoms with van der Waals surface area (Å²) < 4.78 is 5.77. The molecule has 146 valence electrons. The average Bonchev–Trinajstić information content (AvgIpc) is 3.03. The van der Waals surface area contributed by atoms with Crippen molar-refractivity contribution in [3.63, 3.8) is 0 Å². The number of hydrogen-bond acceptors (Lipinski definition) is 4. The molecule has 4 aliphatic carbocycles. The molecule has 0 aromatic heterocycles. The summed E-state index contributed by atoms with van der Waals surface area (Å²) in [5.41, 5.74) is 0.331. The number of aliphatic hydroxyl groups is 2. The zero-order valence-electron chi connectivity index (χ0n) is 16.4. The first kappa shape index (κ1) is 17.5. The third-order valence-electron chi connectivity index (χ3n) is 9.92. The van der Waals surface area contributed by atoms with E-state index in [2.05, 4.69) is 20.8 Å². The number of aliphatic hydroxyl groups excluding tert-OH is 2. The van der Waals surface area contributed by atoms with Gasteiger partial charge in [-0.25, -0.2) is 0 Å². The summed E-state index contributed by atoms with van der Waals surface area (Å²) in [7, 11) is 0. The van der Waals surface area contributed by atoms with Crippen LogP contribution in [0.2, 0.25) is 0 Å². The molecule has 4 heteroatoms. The molecule has 5 aliphatic rings. The van der Waals surface area contributed by atoms with Crippen LogP contribution in [0.5, 0.6) is 0 Å². The second-order valence-corrected chi connectivity index (χ2v) is 10.8. The highest BCUT2D eigenvalue weighted by Gasteiger charge is 2.67. The van der Waals surface area contributed by atoms with Crippen molar-refractivity contribution >= 4 is 5.97 Å². The van der Waals surface area contributed by atoms with Crippen LogP contribution in [-0.4, -0.2) is 34.5 Å². The zero-order chi connectivity index (χ0) is 18.4. The molecule has 26 heavy (non-hydrogen) atoms. The lowest BCUT2D eigenvalue weighted by Crippen LogP contribution is -2.58. The van der Waals surface area contributed by atoms with Crippen molar-refractivity contribution < 1.29 is 19.7 Å². The summed E-state index contributed by atoms with van der Waals surface area (Å²) in [6, 6.07) is 0. The number of fused-ring (bicyclic) bond motifs is 7. The van der Waals surface area contributed by atoms with Crippen molar-refractivity contribution in [1.29, 1.82) is 0 Å². The highest BCUT2D eigenvalue weighted by molar-refractivity contribution is 5.75. The number of hydrogen-bond donors (Lipinski definition) is 2. The van der Waals surface area contributed by atoms with E-state index in [1.165, 1.54) is 12.8 Å². The molecule has 0 spiro atoms. The van der Waals surface area contributed by atoms with Crippen molar-refractivity contribution in [3.8, 4) is 0 Å². The molecule has 1 aliphatic heterocycles. The number of esters is 1. The van der Waals surface area contributed by atoms with E-state index in [4.69, 9.17) is 4.74 Å². The molecule has 0 radical (unpaired) electrons. The first-order chi connectivity index (χ1) is 12.3. The smallest absolute Gasteiger partial charge is 0.309 e. The fourth-order valence-electron chi connectivity index (χ4n) is 8.72. The highest BCUT2D eigenvalue weighted by atomic mass is 16.6. The maximum absolute atomic E-state index is 12.1. The van der Waals surface area contributed by atoms with Crippen molar-refractivity contribution in [2.45, 2.75) is 84.0 Å². The predicted molar refractivity (Wildman–Crippen MR) is 97.0 cm³/mol. The first-order valence-electron chi connectivity index (χ1n) is 10.8. The quantitative estimate of drug-likeness (QED) is 0.650. The molecule has 0 unspecified atom stereocenters. The third kappa shape index (κ3) is 2.06. The predicted octanol–water partition coefficient (Wildman–Crippen LogP) is 3.15. The molecule has 2 N–H and O–H groups in total. The van der Waals surface area contributed by atoms with Gasteiger partial charge in [-0.05, 0) is 79.4 Å². The van der Waals surface area contributed by atoms with Gasteiger partial charge in [-0.2, -0.15) is 0 Å². The van der Waals surface area contributed by atoms with E-state index in [1.807, 2.05) is 0 Å². The molecule has 1 saturated heterocycles. The minimum Gasteiger partial charge on any atom is -0.462 e. The van der Waals surface area contributed by atoms with Gasteiger partial charge in [0.2, 0.25) is 0 Å². The zero-order valence-corrected chi connectivity index (χ0v) is 16.4. The standard InChI is InChI=1S/C22H34O4/c1-11-19-18(26-20(11)25)10-15-13-9-17(24)16-8-12(23)4-6-21(16,2)14(13)5-7-22(15,19)3/h11-19,23-24H,4-10H2,1-3H3/t11-,12-,13+,14-,15-,16+,17-,18-,19-,21+,22-/m0/s1. The van der Waals surface area contributed by atoms with E-state index in [0.29, 0.717) is 23.7 Å². The number of carbonyl (C=O) groups is 1. The van der Waals surface area contributed by atoms with Crippen LogP contribution in [0.1, 0.15) is 65.7 Å². The van der Waals surface area contributed by atoms with Crippen LogP contribution in [-0.2, 0) is 9.53 Å². The van der Waals surface area contributed by atoms with Crippen LogP contribution in [0.4, 0.5) is 0 Å². The van der Waals surface area contributed by atoms with Crippen LogP contribution in [0.3, 0.4) is 0 Å². The molecule has 4 nitrogen and oxygen atoms in total. The maximum atomic E-state index is 12.1. The minimum absolute atomic E-state index is 0.00114. The Bertz CT molecular complexity index is 619. The van der Waals surface area contributed by atoms with Gasteiger partial charge in [0.1, 0.15) is 6.10 Å². The van der Waals surface area contributed by atoms with E-state index in [-0.39, 0.29) is 46.9 Å². The van der Waals surface area contributed by atoms with E-state index in [0.717, 1.165) is 32.1 Å². The minimum atomic E-state index is -0.293. The monoisotopic (exact) mass is 362 g/mol. The van der Waals surface area contributed by atoms with Gasteiger partial charge in [0.15, 0.2) is 0 Å². The fraction of sp³-hybridized carbons (Fsp3) is 0.955. The summed E-state index contributed by atoms with van der Waals surface area (Å²) >= 11 is 0. The van der Waals surface area contributed by atoms with Gasteiger partial charge < -0.3 is 14.9 Å². The largest absolute Gasteiger partial charge is 0.462 e. The molecule has 0 amide bonds. The molecular weight excluding hydrogens is 328 g/mol. The number of rotatable bonds is 0. The first-order valence-corrected chi connectivity index (χ1v) is 10.8. The Labute approximate surface area is 156 Å². The Balaban J connectivity index is 1.48. The van der Waals surface area contributed by atoms with Crippen LogP contribution in [0.15, 0.2) is 0 Å². The van der Waals surface area contributed by atoms with Crippen LogP contribution >= 0.6 is 0 Å². The molecule has 5 fully saturated rings. The molecule has 11 atom stereocenters. The topological polar surface area (TPSA) is 66.8 Å². The van der Waals surface area contributed by atoms with Crippen molar-refractivity contribution in [2.24, 2.45) is 46.3 Å². The Kier molecular flexibility index (Phi) is 3.68. The second-order valence-electron chi connectivity index (χ2n) is 10.8. The Hall–Kier alpha value is -0.610. The summed E-state index contributed by atoms with van der Waals surface area (Å²) in [5.74, 6) is 2.37. The average molecular weight is 363 g/mol. The van der Waals surface area contributed by atoms with Gasteiger partial charge in [-0.3, -0.25) is 4.79 Å². The summed E-state index contributed by atoms with van der Waals surface area (Å²) in [6.07, 6.45) is 6.51. The summed E-state index contributed by atoms with van der Waals surface area (Å²) in [5, 5.41) is 21.2. The van der Waals surface area contributed by atoms with E-state index < -0.39 is 0 Å². The van der Waals surface area contributed by atoms with Crippen LogP contribution in [0.25, 0.3) is 0 Å². The van der Waals surface area contributed by atoms with Crippen molar-refractivity contribution in [2.75, 3.05) is 0 Å². The molecule has 5 rings (SSSR count). The lowest BCUT2D eigenvalue weighted by Gasteiger charge is -2.62. The van der Waals surface area contributed by atoms with Crippen molar-refractivity contribution in [1.82, 2.24) is 0 Å². The molecule has 4 saturated carbocycles. The molecular formula is C22H34O4. The molecule has 0 bridgehead atoms. The van der Waals surface area contributed by atoms with Gasteiger partial charge in [0.25, 0.3) is 0 Å². The maximum Gasteiger partial charge on any atom is 0.309 e. The fourth-order valence-corrected chi connectivity index (χ4v) is 8.72. The number of ether oxygens (including phenoxy) is 1. The summed E-state index contributed by atoms with van der Waals surface area (Å²) in [4.78, 5) is 12.1. The Morgan fingerprint density at radius 1 is 0.962 bits per heavy atom. The molecule has 0 aromatic carbocycles. The summed E-state index contributed by atoms with van der Waals surface area (Å²) in [6.45, 7) is 6.86. The van der Waals surface area contributed by atoms with E-state index >= 15 is 0 Å². The normalized spacial score (nSPS) is 61.3. The highest BCUT2D eigenvalue weighted by Crippen LogP contribution is 2.69. The van der Waals surface area contributed by atoms with Crippen LogP contribution in [0, 0.1) is 46.3 Å². The second kappa shape index (κ2) is 5.47. The lowest BCUT2D eigenvalue weighted by molar-refractivity contribution is -0.173. The van der Waals surface area contributed by atoms with Crippen molar-refractivity contribution in [3.05, 3.63) is 0 Å².